The summed E-state index contributed by atoms with van der Waals surface area (Å²) in [6.07, 6.45) is 4.92. The van der Waals surface area contributed by atoms with Crippen molar-refractivity contribution in [3.05, 3.63) is 48.4 Å². The number of pyridine rings is 1. The summed E-state index contributed by atoms with van der Waals surface area (Å²) in [7, 11) is 1.69. The molecule has 0 aliphatic rings. The molecule has 0 atom stereocenters. The van der Waals surface area contributed by atoms with Crippen LogP contribution in [0.1, 0.15) is 12.6 Å². The van der Waals surface area contributed by atoms with Gasteiger partial charge in [0.05, 0.1) is 23.0 Å². The molecule has 0 fully saturated rings. The lowest BCUT2D eigenvalue weighted by Crippen LogP contribution is -1.86. The predicted octanol–water partition coefficient (Wildman–Crippen LogP) is 4.18. The van der Waals surface area contributed by atoms with Gasteiger partial charge in [-0.3, -0.25) is 9.38 Å². The average Bonchev–Trinajstić information content (AvgIpc) is 3.11. The molecule has 1 aromatic carbocycles. The molecule has 0 spiro atoms. The normalized spacial score (nSPS) is 11.4. The summed E-state index contributed by atoms with van der Waals surface area (Å²) in [6.45, 7) is 2.11. The molecule has 5 heteroatoms. The summed E-state index contributed by atoms with van der Waals surface area (Å²) in [4.78, 5) is 10.2. The number of aryl methyl sites for hydroxylation is 1. The van der Waals surface area contributed by atoms with Crippen LogP contribution in [-0.4, -0.2) is 21.5 Å². The number of rotatable bonds is 3. The van der Waals surface area contributed by atoms with Gasteiger partial charge in [-0.1, -0.05) is 18.3 Å². The highest BCUT2D eigenvalue weighted by atomic mass is 32.1. The van der Waals surface area contributed by atoms with Crippen molar-refractivity contribution >= 4 is 26.5 Å². The summed E-state index contributed by atoms with van der Waals surface area (Å²) in [6, 6.07) is 10.2. The van der Waals surface area contributed by atoms with E-state index >= 15 is 0 Å². The van der Waals surface area contributed by atoms with Gasteiger partial charge < -0.3 is 4.74 Å². The van der Waals surface area contributed by atoms with E-state index in [1.807, 2.05) is 18.3 Å². The quantitative estimate of drug-likeness (QED) is 0.570. The van der Waals surface area contributed by atoms with Crippen LogP contribution in [0, 0.1) is 0 Å². The van der Waals surface area contributed by atoms with Crippen LogP contribution in [0.25, 0.3) is 26.4 Å². The maximum atomic E-state index is 5.28. The number of ether oxygens (including phenoxy) is 1. The highest BCUT2D eigenvalue weighted by Gasteiger charge is 2.11. The molecular weight excluding hydrogens is 294 g/mol. The molecule has 0 bridgehead atoms. The number of imidazole rings is 1. The van der Waals surface area contributed by atoms with E-state index in [0.717, 1.165) is 39.6 Å². The van der Waals surface area contributed by atoms with E-state index in [4.69, 9.17) is 9.72 Å². The minimum absolute atomic E-state index is 0.872. The van der Waals surface area contributed by atoms with E-state index in [1.165, 1.54) is 4.70 Å². The second kappa shape index (κ2) is 5.10. The fraction of sp³-hybridized carbons (Fsp3) is 0.176. The van der Waals surface area contributed by atoms with Crippen LogP contribution in [0.4, 0.5) is 0 Å². The number of thiazole rings is 1. The lowest BCUT2D eigenvalue weighted by molar-refractivity contribution is 0.415. The summed E-state index contributed by atoms with van der Waals surface area (Å²) < 4.78 is 8.58. The van der Waals surface area contributed by atoms with Gasteiger partial charge in [-0.05, 0) is 36.8 Å². The summed E-state index contributed by atoms with van der Waals surface area (Å²) in [5.41, 5.74) is 4.26. The molecule has 0 amide bonds. The molecule has 4 rings (SSSR count). The molecule has 0 aliphatic heterocycles. The zero-order valence-electron chi connectivity index (χ0n) is 12.4. The Morgan fingerprint density at radius 3 is 2.86 bits per heavy atom. The van der Waals surface area contributed by atoms with Crippen LogP contribution >= 0.6 is 11.3 Å². The van der Waals surface area contributed by atoms with E-state index in [9.17, 15) is 0 Å². The number of hydrogen-bond donors (Lipinski definition) is 0. The van der Waals surface area contributed by atoms with Crippen molar-refractivity contribution in [2.24, 2.45) is 0 Å². The first-order valence-electron chi connectivity index (χ1n) is 7.19. The van der Waals surface area contributed by atoms with Gasteiger partial charge in [0.25, 0.3) is 0 Å². The van der Waals surface area contributed by atoms with Crippen molar-refractivity contribution in [1.29, 1.82) is 0 Å². The van der Waals surface area contributed by atoms with E-state index in [-0.39, 0.29) is 0 Å². The van der Waals surface area contributed by atoms with Gasteiger partial charge in [0, 0.05) is 23.7 Å². The molecule has 22 heavy (non-hydrogen) atoms. The first kappa shape index (κ1) is 13.3. The average molecular weight is 309 g/mol. The van der Waals surface area contributed by atoms with Gasteiger partial charge >= 0.3 is 0 Å². The van der Waals surface area contributed by atoms with Gasteiger partial charge in [-0.15, -0.1) is 0 Å². The van der Waals surface area contributed by atoms with Crippen molar-refractivity contribution in [3.63, 3.8) is 0 Å². The second-order valence-electron chi connectivity index (χ2n) is 5.11. The highest BCUT2D eigenvalue weighted by Crippen LogP contribution is 2.31. The number of methoxy groups -OCH3 is 1. The lowest BCUT2D eigenvalue weighted by atomic mass is 10.2. The first-order chi connectivity index (χ1) is 10.8. The van der Waals surface area contributed by atoms with E-state index in [1.54, 1.807) is 18.4 Å². The number of hydrogen-bond acceptors (Lipinski definition) is 4. The molecule has 0 radical (unpaired) electrons. The lowest BCUT2D eigenvalue weighted by Gasteiger charge is -1.99. The maximum absolute atomic E-state index is 5.28. The molecule has 0 N–H and O–H groups in total. The van der Waals surface area contributed by atoms with Gasteiger partial charge in [0.1, 0.15) is 5.75 Å². The molecule has 3 heterocycles. The SMILES string of the molecule is CCc1ccc(-c2cn3c(n2)sc2cc(OC)ccc23)cn1. The van der Waals surface area contributed by atoms with Crippen molar-refractivity contribution in [2.45, 2.75) is 13.3 Å². The zero-order valence-corrected chi connectivity index (χ0v) is 13.2. The smallest absolute Gasteiger partial charge is 0.195 e. The standard InChI is InChI=1S/C17H15N3OS/c1-3-12-5-4-11(9-18-12)14-10-20-15-7-6-13(21-2)8-16(15)22-17(20)19-14/h4-10H,3H2,1-2H3. The van der Waals surface area contributed by atoms with Crippen LogP contribution < -0.4 is 4.74 Å². The third-order valence-electron chi connectivity index (χ3n) is 3.78. The van der Waals surface area contributed by atoms with E-state index in [0.29, 0.717) is 0 Å². The Balaban J connectivity index is 1.83. The molecule has 110 valence electrons. The molecular formula is C17H15N3OS. The Morgan fingerprint density at radius 1 is 1.23 bits per heavy atom. The van der Waals surface area contributed by atoms with Crippen molar-refractivity contribution in [3.8, 4) is 17.0 Å². The van der Waals surface area contributed by atoms with E-state index < -0.39 is 0 Å². The zero-order chi connectivity index (χ0) is 15.1. The minimum atomic E-state index is 0.872. The first-order valence-corrected chi connectivity index (χ1v) is 8.01. The molecule has 0 saturated heterocycles. The van der Waals surface area contributed by atoms with Crippen LogP contribution in [0.3, 0.4) is 0 Å². The molecule has 4 aromatic rings. The Morgan fingerprint density at radius 2 is 2.14 bits per heavy atom. The van der Waals surface area contributed by atoms with Crippen molar-refractivity contribution < 1.29 is 4.74 Å². The topological polar surface area (TPSA) is 39.4 Å². The van der Waals surface area contributed by atoms with Crippen LogP contribution in [0.2, 0.25) is 0 Å². The predicted molar refractivity (Wildman–Crippen MR) is 89.7 cm³/mol. The number of aromatic nitrogens is 3. The van der Waals surface area contributed by atoms with Crippen molar-refractivity contribution in [2.75, 3.05) is 7.11 Å². The third kappa shape index (κ3) is 2.05. The summed E-state index contributed by atoms with van der Waals surface area (Å²) in [5.74, 6) is 0.872. The molecule has 0 aliphatic carbocycles. The fourth-order valence-electron chi connectivity index (χ4n) is 2.53. The highest BCUT2D eigenvalue weighted by molar-refractivity contribution is 7.23. The second-order valence-corrected chi connectivity index (χ2v) is 6.12. The van der Waals surface area contributed by atoms with E-state index in [2.05, 4.69) is 40.7 Å². The Labute approximate surface area is 132 Å². The maximum Gasteiger partial charge on any atom is 0.195 e. The fourth-order valence-corrected chi connectivity index (χ4v) is 3.57. The summed E-state index contributed by atoms with van der Waals surface area (Å²) in [5, 5.41) is 0. The molecule has 0 unspecified atom stereocenters. The molecule has 4 nitrogen and oxygen atoms in total. The molecule has 0 saturated carbocycles. The van der Waals surface area contributed by atoms with Gasteiger partial charge in [-0.25, -0.2) is 4.98 Å². The Bertz CT molecular complexity index is 953. The number of fused-ring (bicyclic) bond motifs is 3. The molecule has 3 aromatic heterocycles. The van der Waals surface area contributed by atoms with Crippen molar-refractivity contribution in [1.82, 2.24) is 14.4 Å². The van der Waals surface area contributed by atoms with Crippen LogP contribution in [0.5, 0.6) is 5.75 Å². The third-order valence-corrected chi connectivity index (χ3v) is 4.80. The Hall–Kier alpha value is -2.40. The summed E-state index contributed by atoms with van der Waals surface area (Å²) >= 11 is 1.67. The van der Waals surface area contributed by atoms with Crippen LogP contribution in [-0.2, 0) is 6.42 Å². The minimum Gasteiger partial charge on any atom is -0.497 e. The van der Waals surface area contributed by atoms with Gasteiger partial charge in [-0.2, -0.15) is 0 Å². The Kier molecular flexibility index (Phi) is 3.08. The van der Waals surface area contributed by atoms with Gasteiger partial charge in [0.15, 0.2) is 4.96 Å². The largest absolute Gasteiger partial charge is 0.497 e. The van der Waals surface area contributed by atoms with Crippen LogP contribution in [0.15, 0.2) is 42.7 Å². The number of nitrogens with zero attached hydrogens (tertiary/aromatic N) is 3. The monoisotopic (exact) mass is 309 g/mol. The van der Waals surface area contributed by atoms with Gasteiger partial charge in [0.2, 0.25) is 0 Å². The number of benzene rings is 1.